The van der Waals surface area contributed by atoms with Crippen molar-refractivity contribution in [3.05, 3.63) is 19.0 Å². The third-order valence-corrected chi connectivity index (χ3v) is 2.44. The minimum absolute atomic E-state index is 0.543. The van der Waals surface area contributed by atoms with E-state index in [1.165, 1.54) is 6.33 Å². The standard InChI is InChI=1S/C10H12N8/c1-2-3-12-10-16-8-7(13-5-14-8)9(17-10)18-6-11-4-15-18/h4-6H,2-3H2,1H3,(H2,12,13,14,16,17). The molecule has 3 aromatic heterocycles. The fraction of sp³-hybridized carbons (Fsp3) is 0.300. The van der Waals surface area contributed by atoms with E-state index in [0.29, 0.717) is 17.4 Å². The number of rotatable bonds is 4. The predicted octanol–water partition coefficient (Wildman–Crippen LogP) is 0.755. The van der Waals surface area contributed by atoms with Crippen LogP contribution in [0.2, 0.25) is 0 Å². The average Bonchev–Trinajstić information content (AvgIpc) is 3.05. The topological polar surface area (TPSA) is 97.2 Å². The highest BCUT2D eigenvalue weighted by Gasteiger charge is 2.11. The Kier molecular flexibility index (Phi) is 2.60. The van der Waals surface area contributed by atoms with Crippen LogP contribution in [0.3, 0.4) is 0 Å². The Morgan fingerprint density at radius 2 is 2.33 bits per heavy atom. The SMILES string of the molecule is CCCNc1nc(-n2cncn2)c2[nH]cnc2n1. The quantitative estimate of drug-likeness (QED) is 0.703. The molecule has 0 aliphatic carbocycles. The Balaban J connectivity index is 2.12. The van der Waals surface area contributed by atoms with Crippen LogP contribution in [-0.2, 0) is 0 Å². The van der Waals surface area contributed by atoms with Gasteiger partial charge in [0.2, 0.25) is 5.95 Å². The zero-order chi connectivity index (χ0) is 12.4. The first-order valence-corrected chi connectivity index (χ1v) is 5.68. The van der Waals surface area contributed by atoms with Gasteiger partial charge in [-0.2, -0.15) is 15.1 Å². The molecule has 0 bridgehead atoms. The highest BCUT2D eigenvalue weighted by molar-refractivity contribution is 5.79. The van der Waals surface area contributed by atoms with Crippen molar-refractivity contribution in [1.82, 2.24) is 34.7 Å². The van der Waals surface area contributed by atoms with Crippen LogP contribution in [0.1, 0.15) is 13.3 Å². The van der Waals surface area contributed by atoms with E-state index in [2.05, 4.69) is 42.3 Å². The van der Waals surface area contributed by atoms with E-state index >= 15 is 0 Å². The summed E-state index contributed by atoms with van der Waals surface area (Å²) < 4.78 is 1.58. The van der Waals surface area contributed by atoms with Crippen molar-refractivity contribution in [1.29, 1.82) is 0 Å². The van der Waals surface area contributed by atoms with Gasteiger partial charge in [0.05, 0.1) is 6.33 Å². The van der Waals surface area contributed by atoms with Crippen LogP contribution in [-0.4, -0.2) is 41.2 Å². The van der Waals surface area contributed by atoms with Crippen LogP contribution >= 0.6 is 0 Å². The van der Waals surface area contributed by atoms with E-state index < -0.39 is 0 Å². The van der Waals surface area contributed by atoms with E-state index in [-0.39, 0.29) is 0 Å². The van der Waals surface area contributed by atoms with Crippen LogP contribution < -0.4 is 5.32 Å². The van der Waals surface area contributed by atoms with Crippen LogP contribution in [0.4, 0.5) is 5.95 Å². The molecule has 0 aliphatic rings. The van der Waals surface area contributed by atoms with Gasteiger partial charge >= 0.3 is 0 Å². The Morgan fingerprint density at radius 1 is 1.39 bits per heavy atom. The third-order valence-electron chi connectivity index (χ3n) is 2.44. The molecule has 3 aromatic rings. The first-order valence-electron chi connectivity index (χ1n) is 5.68. The molecule has 8 heteroatoms. The monoisotopic (exact) mass is 244 g/mol. The van der Waals surface area contributed by atoms with E-state index in [1.54, 1.807) is 17.3 Å². The molecular weight excluding hydrogens is 232 g/mol. The third kappa shape index (κ3) is 1.77. The maximum absolute atomic E-state index is 4.42. The molecule has 0 amide bonds. The lowest BCUT2D eigenvalue weighted by molar-refractivity contribution is 0.844. The normalized spacial score (nSPS) is 10.9. The van der Waals surface area contributed by atoms with Crippen molar-refractivity contribution in [2.45, 2.75) is 13.3 Å². The summed E-state index contributed by atoms with van der Waals surface area (Å²) in [7, 11) is 0. The second-order valence-electron chi connectivity index (χ2n) is 3.74. The van der Waals surface area contributed by atoms with Gasteiger partial charge in [0, 0.05) is 6.54 Å². The number of anilines is 1. The van der Waals surface area contributed by atoms with Crippen LogP contribution in [0.25, 0.3) is 17.0 Å². The number of nitrogens with zero attached hydrogens (tertiary/aromatic N) is 6. The second kappa shape index (κ2) is 4.40. The summed E-state index contributed by atoms with van der Waals surface area (Å²) in [5.74, 6) is 1.18. The lowest BCUT2D eigenvalue weighted by atomic mass is 10.4. The molecule has 92 valence electrons. The van der Waals surface area contributed by atoms with Gasteiger partial charge < -0.3 is 10.3 Å². The Labute approximate surface area is 103 Å². The van der Waals surface area contributed by atoms with Gasteiger partial charge in [-0.3, -0.25) is 0 Å². The molecule has 0 radical (unpaired) electrons. The van der Waals surface area contributed by atoms with Crippen molar-refractivity contribution in [2.24, 2.45) is 0 Å². The maximum Gasteiger partial charge on any atom is 0.226 e. The number of aromatic nitrogens is 7. The molecule has 0 fully saturated rings. The first-order chi connectivity index (χ1) is 8.88. The molecule has 0 atom stereocenters. The molecule has 0 saturated heterocycles. The molecular formula is C10H12N8. The molecule has 2 N–H and O–H groups in total. The molecule has 0 spiro atoms. The predicted molar refractivity (Wildman–Crippen MR) is 65.4 cm³/mol. The Hall–Kier alpha value is -2.51. The van der Waals surface area contributed by atoms with Gasteiger partial charge in [0.25, 0.3) is 0 Å². The Morgan fingerprint density at radius 3 is 3.11 bits per heavy atom. The summed E-state index contributed by atoms with van der Waals surface area (Å²) in [6, 6.07) is 0. The fourth-order valence-corrected chi connectivity index (χ4v) is 1.62. The van der Waals surface area contributed by atoms with Crippen molar-refractivity contribution in [2.75, 3.05) is 11.9 Å². The first kappa shape index (κ1) is 10.6. The zero-order valence-electron chi connectivity index (χ0n) is 9.83. The van der Waals surface area contributed by atoms with Crippen molar-refractivity contribution in [3.63, 3.8) is 0 Å². The number of hydrogen-bond acceptors (Lipinski definition) is 6. The highest BCUT2D eigenvalue weighted by atomic mass is 15.4. The van der Waals surface area contributed by atoms with Crippen molar-refractivity contribution < 1.29 is 0 Å². The zero-order valence-corrected chi connectivity index (χ0v) is 9.83. The fourth-order valence-electron chi connectivity index (χ4n) is 1.62. The molecule has 0 unspecified atom stereocenters. The summed E-state index contributed by atoms with van der Waals surface area (Å²) in [5, 5.41) is 7.22. The number of H-pyrrole nitrogens is 1. The van der Waals surface area contributed by atoms with Gasteiger partial charge in [0.1, 0.15) is 18.2 Å². The van der Waals surface area contributed by atoms with E-state index in [1.807, 2.05) is 0 Å². The van der Waals surface area contributed by atoms with Gasteiger partial charge in [-0.15, -0.1) is 0 Å². The number of nitrogens with one attached hydrogen (secondary N) is 2. The van der Waals surface area contributed by atoms with E-state index in [9.17, 15) is 0 Å². The summed E-state index contributed by atoms with van der Waals surface area (Å²) in [6.45, 7) is 2.89. The smallest absolute Gasteiger partial charge is 0.226 e. The average molecular weight is 244 g/mol. The van der Waals surface area contributed by atoms with Crippen LogP contribution in [0.15, 0.2) is 19.0 Å². The van der Waals surface area contributed by atoms with Crippen LogP contribution in [0, 0.1) is 0 Å². The highest BCUT2D eigenvalue weighted by Crippen LogP contribution is 2.16. The van der Waals surface area contributed by atoms with E-state index in [4.69, 9.17) is 0 Å². The summed E-state index contributed by atoms with van der Waals surface area (Å²) in [5.41, 5.74) is 1.34. The minimum atomic E-state index is 0.543. The maximum atomic E-state index is 4.42. The van der Waals surface area contributed by atoms with Gasteiger partial charge in [-0.1, -0.05) is 6.92 Å². The molecule has 8 nitrogen and oxygen atoms in total. The van der Waals surface area contributed by atoms with Crippen molar-refractivity contribution in [3.8, 4) is 5.82 Å². The molecule has 3 heterocycles. The van der Waals surface area contributed by atoms with Crippen molar-refractivity contribution >= 4 is 17.1 Å². The number of hydrogen-bond donors (Lipinski definition) is 2. The van der Waals surface area contributed by atoms with Gasteiger partial charge in [-0.25, -0.2) is 14.6 Å². The molecule has 0 saturated carbocycles. The largest absolute Gasteiger partial charge is 0.354 e. The lowest BCUT2D eigenvalue weighted by Crippen LogP contribution is -2.08. The number of fused-ring (bicyclic) bond motifs is 1. The van der Waals surface area contributed by atoms with E-state index in [0.717, 1.165) is 18.5 Å². The molecule has 18 heavy (non-hydrogen) atoms. The Bertz CT molecular complexity index is 641. The second-order valence-corrected chi connectivity index (χ2v) is 3.74. The summed E-state index contributed by atoms with van der Waals surface area (Å²) in [4.78, 5) is 19.8. The number of imidazole rings is 1. The summed E-state index contributed by atoms with van der Waals surface area (Å²) in [6.07, 6.45) is 5.64. The molecule has 0 aromatic carbocycles. The number of aromatic amines is 1. The van der Waals surface area contributed by atoms with Gasteiger partial charge in [-0.05, 0) is 6.42 Å². The lowest BCUT2D eigenvalue weighted by Gasteiger charge is -2.06. The van der Waals surface area contributed by atoms with Gasteiger partial charge in [0.15, 0.2) is 11.5 Å². The summed E-state index contributed by atoms with van der Waals surface area (Å²) >= 11 is 0. The molecule has 3 rings (SSSR count). The van der Waals surface area contributed by atoms with Crippen LogP contribution in [0.5, 0.6) is 0 Å². The molecule has 0 aliphatic heterocycles. The minimum Gasteiger partial charge on any atom is -0.354 e.